The van der Waals surface area contributed by atoms with Gasteiger partial charge in [-0.05, 0) is 25.7 Å². The number of amides is 2. The van der Waals surface area contributed by atoms with Gasteiger partial charge in [0.2, 0.25) is 11.8 Å². The highest BCUT2D eigenvalue weighted by Gasteiger charge is 2.46. The van der Waals surface area contributed by atoms with Crippen LogP contribution < -0.4 is 0 Å². The van der Waals surface area contributed by atoms with Crippen molar-refractivity contribution in [3.8, 4) is 0 Å². The zero-order chi connectivity index (χ0) is 14.0. The summed E-state index contributed by atoms with van der Waals surface area (Å²) in [6.45, 7) is 1.99. The lowest BCUT2D eigenvalue weighted by Gasteiger charge is -2.15. The Balaban J connectivity index is 1.89. The van der Waals surface area contributed by atoms with Gasteiger partial charge in [-0.15, -0.1) is 0 Å². The molecule has 1 heterocycles. The Morgan fingerprint density at radius 2 is 1.84 bits per heavy atom. The minimum atomic E-state index is -0.836. The van der Waals surface area contributed by atoms with Crippen LogP contribution in [0.1, 0.15) is 32.6 Å². The van der Waals surface area contributed by atoms with E-state index in [4.69, 9.17) is 5.11 Å². The Hall–Kier alpha value is -1.65. The van der Waals surface area contributed by atoms with E-state index in [1.54, 1.807) is 6.92 Å². The van der Waals surface area contributed by atoms with E-state index in [-0.39, 0.29) is 23.7 Å². The van der Waals surface area contributed by atoms with Crippen LogP contribution in [-0.4, -0.2) is 34.3 Å². The van der Waals surface area contributed by atoms with Crippen LogP contribution in [0, 0.1) is 17.8 Å². The molecule has 0 radical (unpaired) electrons. The quantitative estimate of drug-likeness (QED) is 0.603. The smallest absolute Gasteiger partial charge is 0.306 e. The normalized spacial score (nSPS) is 27.5. The molecule has 0 bridgehead atoms. The van der Waals surface area contributed by atoms with Crippen molar-refractivity contribution in [2.75, 3.05) is 6.54 Å². The fraction of sp³-hybridized carbons (Fsp3) is 0.643. The summed E-state index contributed by atoms with van der Waals surface area (Å²) in [4.78, 5) is 36.3. The van der Waals surface area contributed by atoms with Crippen LogP contribution >= 0.6 is 0 Å². The van der Waals surface area contributed by atoms with Gasteiger partial charge in [-0.1, -0.05) is 19.1 Å². The summed E-state index contributed by atoms with van der Waals surface area (Å²) >= 11 is 0. The average molecular weight is 265 g/mol. The first kappa shape index (κ1) is 13.8. The molecule has 5 heteroatoms. The minimum absolute atomic E-state index is 0.0812. The fourth-order valence-electron chi connectivity index (χ4n) is 2.77. The molecule has 0 aromatic carbocycles. The van der Waals surface area contributed by atoms with Crippen LogP contribution in [0.2, 0.25) is 0 Å². The first-order chi connectivity index (χ1) is 9.02. The zero-order valence-corrected chi connectivity index (χ0v) is 11.0. The van der Waals surface area contributed by atoms with Gasteiger partial charge in [0, 0.05) is 6.54 Å². The van der Waals surface area contributed by atoms with Gasteiger partial charge in [0.25, 0.3) is 0 Å². The molecule has 1 aliphatic carbocycles. The van der Waals surface area contributed by atoms with E-state index in [9.17, 15) is 14.4 Å². The Labute approximate surface area is 112 Å². The maximum absolute atomic E-state index is 12.1. The van der Waals surface area contributed by atoms with Gasteiger partial charge < -0.3 is 5.11 Å². The van der Waals surface area contributed by atoms with E-state index >= 15 is 0 Å². The van der Waals surface area contributed by atoms with Gasteiger partial charge in [-0.3, -0.25) is 19.3 Å². The van der Waals surface area contributed by atoms with Crippen LogP contribution in [0.15, 0.2) is 12.2 Å². The number of carboxylic acid groups (broad SMARTS) is 1. The zero-order valence-electron chi connectivity index (χ0n) is 11.0. The first-order valence-electron chi connectivity index (χ1n) is 6.75. The highest BCUT2D eigenvalue weighted by atomic mass is 16.4. The standard InChI is InChI=1S/C14H19NO4/c1-9(14(18)19)5-4-8-15-12(16)10-6-2-3-7-11(10)13(15)17/h2-3,9-11H,4-8H2,1H3,(H,18,19). The van der Waals surface area contributed by atoms with E-state index in [2.05, 4.69) is 0 Å². The number of nitrogens with zero attached hydrogens (tertiary/aromatic N) is 1. The van der Waals surface area contributed by atoms with Gasteiger partial charge in [-0.25, -0.2) is 0 Å². The summed E-state index contributed by atoms with van der Waals surface area (Å²) < 4.78 is 0. The van der Waals surface area contributed by atoms with Gasteiger partial charge in [0.15, 0.2) is 0 Å². The lowest BCUT2D eigenvalue weighted by atomic mass is 9.85. The Kier molecular flexibility index (Phi) is 4.02. The van der Waals surface area contributed by atoms with Crippen LogP contribution in [0.4, 0.5) is 0 Å². The Morgan fingerprint density at radius 3 is 2.32 bits per heavy atom. The van der Waals surface area contributed by atoms with Crippen molar-refractivity contribution in [1.82, 2.24) is 4.90 Å². The molecule has 2 amide bonds. The van der Waals surface area contributed by atoms with E-state index in [0.717, 1.165) is 0 Å². The fourth-order valence-corrected chi connectivity index (χ4v) is 2.77. The van der Waals surface area contributed by atoms with Crippen molar-refractivity contribution < 1.29 is 19.5 Å². The molecule has 1 fully saturated rings. The second-order valence-corrected chi connectivity index (χ2v) is 5.37. The number of allylic oxidation sites excluding steroid dienone is 2. The summed E-state index contributed by atoms with van der Waals surface area (Å²) in [6.07, 6.45) is 6.26. The van der Waals surface area contributed by atoms with Crippen molar-refractivity contribution >= 4 is 17.8 Å². The van der Waals surface area contributed by atoms with Gasteiger partial charge in [-0.2, -0.15) is 0 Å². The maximum atomic E-state index is 12.1. The summed E-state index contributed by atoms with van der Waals surface area (Å²) in [6, 6.07) is 0. The largest absolute Gasteiger partial charge is 0.481 e. The summed E-state index contributed by atoms with van der Waals surface area (Å²) in [5.74, 6) is -1.80. The molecule has 104 valence electrons. The van der Waals surface area contributed by atoms with E-state index in [1.807, 2.05) is 12.2 Å². The second kappa shape index (κ2) is 5.55. The minimum Gasteiger partial charge on any atom is -0.481 e. The third-order valence-electron chi connectivity index (χ3n) is 4.04. The average Bonchev–Trinajstić information content (AvgIpc) is 2.64. The van der Waals surface area contributed by atoms with Crippen molar-refractivity contribution in [1.29, 1.82) is 0 Å². The number of hydrogen-bond acceptors (Lipinski definition) is 3. The number of carboxylic acids is 1. The molecule has 0 saturated carbocycles. The predicted molar refractivity (Wildman–Crippen MR) is 68.1 cm³/mol. The number of hydrogen-bond donors (Lipinski definition) is 1. The SMILES string of the molecule is CC(CCCN1C(=O)C2CC=CCC2C1=O)C(=O)O. The molecule has 2 aliphatic rings. The molecular formula is C14H19NO4. The number of carbonyl (C=O) groups excluding carboxylic acids is 2. The molecule has 0 spiro atoms. The molecule has 3 atom stereocenters. The van der Waals surface area contributed by atoms with Crippen molar-refractivity contribution in [2.24, 2.45) is 17.8 Å². The van der Waals surface area contributed by atoms with Crippen LogP contribution in [0.3, 0.4) is 0 Å². The monoisotopic (exact) mass is 265 g/mol. The van der Waals surface area contributed by atoms with Crippen molar-refractivity contribution in [3.05, 3.63) is 12.2 Å². The number of likely N-dealkylation sites (tertiary alicyclic amines) is 1. The van der Waals surface area contributed by atoms with Crippen LogP contribution in [0.5, 0.6) is 0 Å². The molecule has 1 aliphatic heterocycles. The molecule has 19 heavy (non-hydrogen) atoms. The number of rotatable bonds is 5. The summed E-state index contributed by atoms with van der Waals surface area (Å²) in [5, 5.41) is 8.79. The lowest BCUT2D eigenvalue weighted by molar-refractivity contribution is -0.141. The Bertz CT molecular complexity index is 403. The summed E-state index contributed by atoms with van der Waals surface area (Å²) in [7, 11) is 0. The molecule has 3 unspecified atom stereocenters. The second-order valence-electron chi connectivity index (χ2n) is 5.37. The van der Waals surface area contributed by atoms with E-state index in [1.165, 1.54) is 4.90 Å². The first-order valence-corrected chi connectivity index (χ1v) is 6.75. The predicted octanol–water partition coefficient (Wildman–Crippen LogP) is 1.44. The van der Waals surface area contributed by atoms with Gasteiger partial charge in [0.05, 0.1) is 17.8 Å². The van der Waals surface area contributed by atoms with Crippen LogP contribution in [-0.2, 0) is 14.4 Å². The maximum Gasteiger partial charge on any atom is 0.306 e. The number of imide groups is 1. The molecule has 2 rings (SSSR count). The van der Waals surface area contributed by atoms with Gasteiger partial charge >= 0.3 is 5.97 Å². The van der Waals surface area contributed by atoms with Crippen molar-refractivity contribution in [2.45, 2.75) is 32.6 Å². The highest BCUT2D eigenvalue weighted by molar-refractivity contribution is 6.05. The molecule has 0 aromatic rings. The third kappa shape index (κ3) is 2.69. The molecule has 5 nitrogen and oxygen atoms in total. The molecule has 1 N–H and O–H groups in total. The van der Waals surface area contributed by atoms with E-state index < -0.39 is 11.9 Å². The van der Waals surface area contributed by atoms with E-state index in [0.29, 0.717) is 32.2 Å². The third-order valence-corrected chi connectivity index (χ3v) is 4.04. The molecular weight excluding hydrogens is 246 g/mol. The molecule has 0 aromatic heterocycles. The summed E-state index contributed by atoms with van der Waals surface area (Å²) in [5.41, 5.74) is 0. The van der Waals surface area contributed by atoms with Crippen LogP contribution in [0.25, 0.3) is 0 Å². The molecule has 1 saturated heterocycles. The van der Waals surface area contributed by atoms with Gasteiger partial charge in [0.1, 0.15) is 0 Å². The number of carbonyl (C=O) groups is 3. The topological polar surface area (TPSA) is 74.7 Å². The Morgan fingerprint density at radius 1 is 1.32 bits per heavy atom. The number of fused-ring (bicyclic) bond motifs is 1. The van der Waals surface area contributed by atoms with Crippen molar-refractivity contribution in [3.63, 3.8) is 0 Å². The number of aliphatic carboxylic acids is 1. The highest BCUT2D eigenvalue weighted by Crippen LogP contribution is 2.35. The lowest BCUT2D eigenvalue weighted by Crippen LogP contribution is -2.32.